The molecule has 31 heavy (non-hydrogen) atoms. The minimum Gasteiger partial charge on any atom is -0.494 e. The number of halogens is 3. The summed E-state index contributed by atoms with van der Waals surface area (Å²) in [5, 5.41) is 9.71. The maximum Gasteiger partial charge on any atom is 0.279 e. The number of ether oxygens (including phenoxy) is 1. The highest BCUT2D eigenvalue weighted by Crippen LogP contribution is 2.38. The molecule has 0 aliphatic carbocycles. The molecule has 7 nitrogen and oxygen atoms in total. The van der Waals surface area contributed by atoms with Crippen LogP contribution in [0.5, 0.6) is 5.75 Å². The maximum atomic E-state index is 12.4. The van der Waals surface area contributed by atoms with E-state index in [1.54, 1.807) is 24.1 Å². The molecular formula is C21H17BrCl2N4O3. The molecular weight excluding hydrogens is 507 g/mol. The van der Waals surface area contributed by atoms with Gasteiger partial charge in [0.25, 0.3) is 5.91 Å². The number of aromatic nitrogens is 3. The minimum absolute atomic E-state index is 0. The van der Waals surface area contributed by atoms with Crippen molar-refractivity contribution in [2.45, 2.75) is 0 Å². The number of hydrogen-bond acceptors (Lipinski definition) is 6. The second kappa shape index (κ2) is 10.5. The molecule has 0 radical (unpaired) electrons. The molecule has 10 heteroatoms. The van der Waals surface area contributed by atoms with Crippen LogP contribution in [-0.4, -0.2) is 33.2 Å². The third-order valence-corrected chi connectivity index (χ3v) is 5.09. The quantitative estimate of drug-likeness (QED) is 0.285. The number of amides is 1. The zero-order chi connectivity index (χ0) is 20.4. The Morgan fingerprint density at radius 3 is 2.19 bits per heavy atom. The molecule has 0 saturated carbocycles. The third kappa shape index (κ3) is 4.62. The summed E-state index contributed by atoms with van der Waals surface area (Å²) in [5.74, 6) is -0.454. The molecule has 0 spiro atoms. The molecule has 160 valence electrons. The molecule has 3 aromatic heterocycles. The fourth-order valence-electron chi connectivity index (χ4n) is 3.17. The lowest BCUT2D eigenvalue weighted by Crippen LogP contribution is -2.20. The van der Waals surface area contributed by atoms with Crippen molar-refractivity contribution in [1.82, 2.24) is 20.4 Å². The third-order valence-electron chi connectivity index (χ3n) is 4.51. The first-order valence-corrected chi connectivity index (χ1v) is 9.39. The second-order valence-corrected chi connectivity index (χ2v) is 6.99. The lowest BCUT2D eigenvalue weighted by atomic mass is 10.0. The maximum absolute atomic E-state index is 12.4. The predicted octanol–water partition coefficient (Wildman–Crippen LogP) is 5.09. The summed E-state index contributed by atoms with van der Waals surface area (Å²) in [5.41, 5.74) is 5.67. The normalized spacial score (nSPS) is 10.0. The van der Waals surface area contributed by atoms with Crippen LogP contribution in [0.2, 0.25) is 0 Å². The van der Waals surface area contributed by atoms with Crippen LogP contribution < -0.4 is 10.2 Å². The zero-order valence-electron chi connectivity index (χ0n) is 16.1. The molecule has 1 aromatic carbocycles. The lowest BCUT2D eigenvalue weighted by molar-refractivity contribution is 0.0705. The first kappa shape index (κ1) is 24.5. The standard InChI is InChI=1S/C21H15BrN4O3.2ClH/c1-29-20-17(21(27)26-28)15-10-24-11-16(22)19(15)25-18(20)14-4-2-12(3-5-14)13-6-8-23-9-7-13;;/h2-11,28H,1H3,(H,26,27);2*1H. The van der Waals surface area contributed by atoms with Gasteiger partial charge < -0.3 is 4.74 Å². The number of carbonyl (C=O) groups excluding carboxylic acids is 1. The summed E-state index contributed by atoms with van der Waals surface area (Å²) < 4.78 is 6.16. The van der Waals surface area contributed by atoms with Crippen LogP contribution in [-0.2, 0) is 0 Å². The van der Waals surface area contributed by atoms with Crippen molar-refractivity contribution in [1.29, 1.82) is 0 Å². The van der Waals surface area contributed by atoms with E-state index in [0.717, 1.165) is 16.7 Å². The summed E-state index contributed by atoms with van der Waals surface area (Å²) in [6.07, 6.45) is 6.58. The van der Waals surface area contributed by atoms with Gasteiger partial charge in [-0.1, -0.05) is 24.3 Å². The van der Waals surface area contributed by atoms with Gasteiger partial charge in [0.1, 0.15) is 5.69 Å². The van der Waals surface area contributed by atoms with Crippen molar-refractivity contribution < 1.29 is 14.7 Å². The van der Waals surface area contributed by atoms with Crippen molar-refractivity contribution in [3.8, 4) is 28.1 Å². The number of hydroxylamine groups is 1. The van der Waals surface area contributed by atoms with E-state index < -0.39 is 5.91 Å². The van der Waals surface area contributed by atoms with E-state index in [1.165, 1.54) is 13.3 Å². The van der Waals surface area contributed by atoms with Gasteiger partial charge in [-0.3, -0.25) is 20.0 Å². The fourth-order valence-corrected chi connectivity index (χ4v) is 3.59. The van der Waals surface area contributed by atoms with E-state index in [4.69, 9.17) is 9.72 Å². The molecule has 0 aliphatic rings. The van der Waals surface area contributed by atoms with E-state index in [2.05, 4.69) is 25.9 Å². The SMILES string of the molecule is COc1c(-c2ccc(-c3ccncc3)cc2)nc2c(Br)cncc2c1C(=O)NO.Cl.Cl. The highest BCUT2D eigenvalue weighted by Gasteiger charge is 2.23. The van der Waals surface area contributed by atoms with Gasteiger partial charge >= 0.3 is 0 Å². The minimum atomic E-state index is -0.705. The Bertz CT molecular complexity index is 1210. The summed E-state index contributed by atoms with van der Waals surface area (Å²) >= 11 is 3.43. The summed E-state index contributed by atoms with van der Waals surface area (Å²) in [6.45, 7) is 0. The highest BCUT2D eigenvalue weighted by atomic mass is 79.9. The molecule has 0 bridgehead atoms. The molecule has 1 amide bonds. The zero-order valence-corrected chi connectivity index (χ0v) is 19.3. The van der Waals surface area contributed by atoms with Crippen LogP contribution in [0.25, 0.3) is 33.3 Å². The second-order valence-electron chi connectivity index (χ2n) is 6.14. The van der Waals surface area contributed by atoms with Crippen molar-refractivity contribution in [3.05, 3.63) is 71.2 Å². The molecule has 4 aromatic rings. The largest absolute Gasteiger partial charge is 0.494 e. The highest BCUT2D eigenvalue weighted by molar-refractivity contribution is 9.10. The first-order valence-electron chi connectivity index (χ1n) is 8.60. The van der Waals surface area contributed by atoms with E-state index in [0.29, 0.717) is 21.1 Å². The number of hydrogen-bond donors (Lipinski definition) is 2. The van der Waals surface area contributed by atoms with Gasteiger partial charge in [-0.2, -0.15) is 0 Å². The van der Waals surface area contributed by atoms with Gasteiger partial charge in [-0.05, 0) is 39.2 Å². The first-order chi connectivity index (χ1) is 14.1. The molecule has 2 N–H and O–H groups in total. The Labute approximate surface area is 198 Å². The molecule has 3 heterocycles. The molecule has 0 fully saturated rings. The van der Waals surface area contributed by atoms with Gasteiger partial charge in [0, 0.05) is 35.7 Å². The van der Waals surface area contributed by atoms with Gasteiger partial charge in [-0.25, -0.2) is 10.5 Å². The number of fused-ring (bicyclic) bond motifs is 1. The summed E-state index contributed by atoms with van der Waals surface area (Å²) in [4.78, 5) is 25.3. The Morgan fingerprint density at radius 2 is 1.58 bits per heavy atom. The molecule has 0 unspecified atom stereocenters. The Kier molecular flexibility index (Phi) is 8.29. The van der Waals surface area contributed by atoms with Gasteiger partial charge in [-0.15, -0.1) is 24.8 Å². The molecule has 0 aliphatic heterocycles. The van der Waals surface area contributed by atoms with E-state index >= 15 is 0 Å². The van der Waals surface area contributed by atoms with Gasteiger partial charge in [0.05, 0.1) is 22.7 Å². The van der Waals surface area contributed by atoms with Crippen molar-refractivity contribution >= 4 is 57.6 Å². The van der Waals surface area contributed by atoms with Crippen molar-refractivity contribution in [3.63, 3.8) is 0 Å². The number of methoxy groups -OCH3 is 1. The number of pyridine rings is 3. The molecule has 0 atom stereocenters. The predicted molar refractivity (Wildman–Crippen MR) is 126 cm³/mol. The van der Waals surface area contributed by atoms with Crippen molar-refractivity contribution in [2.24, 2.45) is 0 Å². The van der Waals surface area contributed by atoms with Crippen LogP contribution >= 0.6 is 40.7 Å². The summed E-state index contributed by atoms with van der Waals surface area (Å²) in [6, 6.07) is 11.6. The fraction of sp³-hybridized carbons (Fsp3) is 0.0476. The van der Waals surface area contributed by atoms with Crippen LogP contribution in [0.4, 0.5) is 0 Å². The smallest absolute Gasteiger partial charge is 0.279 e. The van der Waals surface area contributed by atoms with Crippen LogP contribution in [0.3, 0.4) is 0 Å². The number of carbonyl (C=O) groups is 1. The van der Waals surface area contributed by atoms with E-state index in [1.807, 2.05) is 36.4 Å². The average molecular weight is 524 g/mol. The van der Waals surface area contributed by atoms with Crippen LogP contribution in [0, 0.1) is 0 Å². The lowest BCUT2D eigenvalue weighted by Gasteiger charge is -2.15. The monoisotopic (exact) mass is 522 g/mol. The number of nitrogens with zero attached hydrogens (tertiary/aromatic N) is 3. The number of benzene rings is 1. The Morgan fingerprint density at radius 1 is 0.968 bits per heavy atom. The number of rotatable bonds is 4. The number of nitrogens with one attached hydrogen (secondary N) is 1. The van der Waals surface area contributed by atoms with E-state index in [9.17, 15) is 10.0 Å². The summed E-state index contributed by atoms with van der Waals surface area (Å²) in [7, 11) is 1.46. The Balaban J connectivity index is 0.00000171. The molecule has 4 rings (SSSR count). The Hall–Kier alpha value is -2.78. The van der Waals surface area contributed by atoms with Crippen molar-refractivity contribution in [2.75, 3.05) is 7.11 Å². The topological polar surface area (TPSA) is 97.2 Å². The van der Waals surface area contributed by atoms with E-state index in [-0.39, 0.29) is 36.1 Å². The van der Waals surface area contributed by atoms with Gasteiger partial charge in [0.15, 0.2) is 5.75 Å². The average Bonchev–Trinajstić information content (AvgIpc) is 2.78. The van der Waals surface area contributed by atoms with Crippen LogP contribution in [0.15, 0.2) is 65.7 Å². The molecule has 0 saturated heterocycles. The van der Waals surface area contributed by atoms with Crippen LogP contribution in [0.1, 0.15) is 10.4 Å². The van der Waals surface area contributed by atoms with Gasteiger partial charge in [0.2, 0.25) is 0 Å².